The first kappa shape index (κ1) is 9.67. The van der Waals surface area contributed by atoms with Crippen LogP contribution in [0.2, 0.25) is 0 Å². The lowest BCUT2D eigenvalue weighted by Crippen LogP contribution is -2.07. The Labute approximate surface area is 89.8 Å². The van der Waals surface area contributed by atoms with Gasteiger partial charge in [-0.25, -0.2) is 4.98 Å². The van der Waals surface area contributed by atoms with Crippen molar-refractivity contribution in [2.24, 2.45) is 0 Å². The average Bonchev–Trinajstić information content (AvgIpc) is 2.50. The van der Waals surface area contributed by atoms with Gasteiger partial charge in [-0.3, -0.25) is 4.79 Å². The summed E-state index contributed by atoms with van der Waals surface area (Å²) < 4.78 is 0.377. The van der Waals surface area contributed by atoms with E-state index in [1.165, 1.54) is 0 Å². The topological polar surface area (TPSA) is 66.0 Å². The van der Waals surface area contributed by atoms with Gasteiger partial charge in [-0.1, -0.05) is 0 Å². The monoisotopic (exact) mass is 228 g/mol. The summed E-state index contributed by atoms with van der Waals surface area (Å²) in [6.07, 6.45) is -0.0405. The van der Waals surface area contributed by atoms with Crippen molar-refractivity contribution in [2.75, 3.05) is 0 Å². The molecule has 0 amide bonds. The molecule has 14 heavy (non-hydrogen) atoms. The van der Waals surface area contributed by atoms with Crippen molar-refractivity contribution >= 4 is 29.9 Å². The van der Waals surface area contributed by atoms with Crippen LogP contribution < -0.4 is 0 Å². The molecule has 0 saturated heterocycles. The van der Waals surface area contributed by atoms with Gasteiger partial charge in [-0.2, -0.15) is 11.8 Å². The smallest absolute Gasteiger partial charge is 0.309 e. The molecule has 0 fully saturated rings. The Balaban J connectivity index is 2.48. The molecule has 1 aromatic heterocycles. The molecular formula is C8H8N2O2S2. The van der Waals surface area contributed by atoms with Gasteiger partial charge in [0.05, 0.1) is 12.1 Å². The molecule has 6 heteroatoms. The SMILES string of the molecule is O=C(O)Cc1nc(=S)[nH]c2c1CSC2. The summed E-state index contributed by atoms with van der Waals surface area (Å²) in [5, 5.41) is 8.70. The number of hydrogen-bond donors (Lipinski definition) is 2. The molecule has 2 N–H and O–H groups in total. The molecule has 2 rings (SSSR count). The minimum atomic E-state index is -0.864. The van der Waals surface area contributed by atoms with E-state index in [2.05, 4.69) is 9.97 Å². The number of aliphatic carboxylic acids is 1. The molecule has 0 bridgehead atoms. The third kappa shape index (κ3) is 1.80. The molecule has 2 heterocycles. The number of carboxylic acid groups (broad SMARTS) is 1. The van der Waals surface area contributed by atoms with Gasteiger partial charge in [0.2, 0.25) is 0 Å². The number of H-pyrrole nitrogens is 1. The number of rotatable bonds is 2. The number of aromatic nitrogens is 2. The third-order valence-electron chi connectivity index (χ3n) is 2.02. The predicted octanol–water partition coefficient (Wildman–Crippen LogP) is 1.51. The highest BCUT2D eigenvalue weighted by atomic mass is 32.2. The summed E-state index contributed by atoms with van der Waals surface area (Å²) in [7, 11) is 0. The van der Waals surface area contributed by atoms with E-state index in [0.717, 1.165) is 22.8 Å². The van der Waals surface area contributed by atoms with E-state index in [9.17, 15) is 4.79 Å². The normalized spacial score (nSPS) is 14.0. The Kier molecular flexibility index (Phi) is 2.56. The Morgan fingerprint density at radius 1 is 1.64 bits per heavy atom. The molecule has 0 atom stereocenters. The van der Waals surface area contributed by atoms with Crippen molar-refractivity contribution in [3.05, 3.63) is 21.7 Å². The summed E-state index contributed by atoms with van der Waals surface area (Å²) in [5.41, 5.74) is 2.67. The van der Waals surface area contributed by atoms with E-state index in [1.54, 1.807) is 11.8 Å². The van der Waals surface area contributed by atoms with Crippen LogP contribution in [0, 0.1) is 4.77 Å². The lowest BCUT2D eigenvalue weighted by atomic mass is 10.1. The molecule has 0 radical (unpaired) electrons. The van der Waals surface area contributed by atoms with Crippen molar-refractivity contribution in [3.8, 4) is 0 Å². The molecule has 0 aliphatic carbocycles. The summed E-state index contributed by atoms with van der Waals surface area (Å²) in [6.45, 7) is 0. The Morgan fingerprint density at radius 2 is 2.43 bits per heavy atom. The molecular weight excluding hydrogens is 220 g/mol. The number of carbonyl (C=O) groups is 1. The number of carboxylic acids is 1. The first-order valence-corrected chi connectivity index (χ1v) is 5.63. The van der Waals surface area contributed by atoms with Crippen LogP contribution in [0.1, 0.15) is 17.0 Å². The van der Waals surface area contributed by atoms with Crippen molar-refractivity contribution in [3.63, 3.8) is 0 Å². The van der Waals surface area contributed by atoms with Gasteiger partial charge in [0.1, 0.15) is 0 Å². The minimum absolute atomic E-state index is 0.0405. The number of thioether (sulfide) groups is 1. The highest BCUT2D eigenvalue weighted by molar-refractivity contribution is 7.98. The zero-order valence-corrected chi connectivity index (χ0v) is 8.87. The van der Waals surface area contributed by atoms with Crippen LogP contribution in [-0.2, 0) is 22.7 Å². The van der Waals surface area contributed by atoms with Crippen molar-refractivity contribution in [1.82, 2.24) is 9.97 Å². The zero-order valence-electron chi connectivity index (χ0n) is 7.24. The average molecular weight is 228 g/mol. The van der Waals surface area contributed by atoms with Gasteiger partial charge in [0.25, 0.3) is 0 Å². The fourth-order valence-electron chi connectivity index (χ4n) is 1.43. The van der Waals surface area contributed by atoms with E-state index < -0.39 is 5.97 Å². The second kappa shape index (κ2) is 3.70. The molecule has 0 unspecified atom stereocenters. The van der Waals surface area contributed by atoms with Crippen LogP contribution >= 0.6 is 24.0 Å². The standard InChI is InChI=1S/C8H8N2O2S2/c11-7(12)1-5-4-2-14-3-6(4)10-8(13)9-5/h1-3H2,(H,11,12)(H,9,10,13). The number of nitrogens with one attached hydrogen (secondary N) is 1. The van der Waals surface area contributed by atoms with E-state index in [1.807, 2.05) is 0 Å². The third-order valence-corrected chi connectivity index (χ3v) is 3.20. The molecule has 0 spiro atoms. The lowest BCUT2D eigenvalue weighted by molar-refractivity contribution is -0.136. The van der Waals surface area contributed by atoms with Crippen LogP contribution in [0.4, 0.5) is 0 Å². The van der Waals surface area contributed by atoms with Crippen LogP contribution in [-0.4, -0.2) is 21.0 Å². The molecule has 1 aliphatic heterocycles. The van der Waals surface area contributed by atoms with Crippen molar-refractivity contribution < 1.29 is 9.90 Å². The van der Waals surface area contributed by atoms with Gasteiger partial charge in [-0.15, -0.1) is 0 Å². The minimum Gasteiger partial charge on any atom is -0.481 e. The highest BCUT2D eigenvalue weighted by Gasteiger charge is 2.18. The molecule has 74 valence electrons. The maximum Gasteiger partial charge on any atom is 0.309 e. The largest absolute Gasteiger partial charge is 0.481 e. The van der Waals surface area contributed by atoms with Gasteiger partial charge in [-0.05, 0) is 12.2 Å². The molecule has 4 nitrogen and oxygen atoms in total. The fourth-order valence-corrected chi connectivity index (χ4v) is 2.77. The maximum absolute atomic E-state index is 10.6. The van der Waals surface area contributed by atoms with Gasteiger partial charge in [0.15, 0.2) is 4.77 Å². The van der Waals surface area contributed by atoms with Crippen LogP contribution in [0.25, 0.3) is 0 Å². The van der Waals surface area contributed by atoms with E-state index in [-0.39, 0.29) is 6.42 Å². The number of hydrogen-bond acceptors (Lipinski definition) is 4. The molecule has 1 aliphatic rings. The van der Waals surface area contributed by atoms with Crippen LogP contribution in [0.3, 0.4) is 0 Å². The Bertz CT molecular complexity index is 441. The zero-order chi connectivity index (χ0) is 10.1. The second-order valence-corrected chi connectivity index (χ2v) is 4.38. The lowest BCUT2D eigenvalue weighted by Gasteiger charge is -2.03. The van der Waals surface area contributed by atoms with Crippen molar-refractivity contribution in [2.45, 2.75) is 17.9 Å². The van der Waals surface area contributed by atoms with Crippen LogP contribution in [0.15, 0.2) is 0 Å². The number of fused-ring (bicyclic) bond motifs is 1. The first-order valence-electron chi connectivity index (χ1n) is 4.07. The Morgan fingerprint density at radius 3 is 3.14 bits per heavy atom. The summed E-state index contributed by atoms with van der Waals surface area (Å²) >= 11 is 6.67. The van der Waals surface area contributed by atoms with E-state index in [4.69, 9.17) is 17.3 Å². The predicted molar refractivity (Wildman–Crippen MR) is 55.8 cm³/mol. The second-order valence-electron chi connectivity index (χ2n) is 3.01. The number of nitrogens with zero attached hydrogens (tertiary/aromatic N) is 1. The van der Waals surface area contributed by atoms with Gasteiger partial charge < -0.3 is 10.1 Å². The quantitative estimate of drug-likeness (QED) is 0.751. The fraction of sp³-hybridized carbons (Fsp3) is 0.375. The summed E-state index contributed by atoms with van der Waals surface area (Å²) in [5.74, 6) is 0.836. The maximum atomic E-state index is 10.6. The highest BCUT2D eigenvalue weighted by Crippen LogP contribution is 2.29. The Hall–Kier alpha value is -0.880. The molecule has 0 aromatic carbocycles. The van der Waals surface area contributed by atoms with Gasteiger partial charge >= 0.3 is 5.97 Å². The van der Waals surface area contributed by atoms with Gasteiger partial charge in [0, 0.05) is 22.8 Å². The summed E-state index contributed by atoms with van der Waals surface area (Å²) in [4.78, 5) is 17.6. The van der Waals surface area contributed by atoms with E-state index in [0.29, 0.717) is 10.5 Å². The molecule has 0 saturated carbocycles. The first-order chi connectivity index (χ1) is 6.66. The molecule has 1 aromatic rings. The van der Waals surface area contributed by atoms with E-state index >= 15 is 0 Å². The van der Waals surface area contributed by atoms with Crippen molar-refractivity contribution in [1.29, 1.82) is 0 Å². The summed E-state index contributed by atoms with van der Waals surface area (Å²) in [6, 6.07) is 0. The van der Waals surface area contributed by atoms with Crippen LogP contribution in [0.5, 0.6) is 0 Å². The number of aromatic amines is 1.